The molecule has 0 atom stereocenters. The van der Waals surface area contributed by atoms with Crippen LogP contribution in [-0.4, -0.2) is 22.5 Å². The molecule has 0 aliphatic carbocycles. The van der Waals surface area contributed by atoms with Gasteiger partial charge in [0, 0.05) is 16.1 Å². The van der Waals surface area contributed by atoms with Gasteiger partial charge in [-0.25, -0.2) is 14.8 Å². The number of benzene rings is 3. The number of esters is 1. The highest BCUT2D eigenvalue weighted by molar-refractivity contribution is 6.30. The van der Waals surface area contributed by atoms with Crippen molar-refractivity contribution in [1.82, 2.24) is 9.97 Å². The van der Waals surface area contributed by atoms with Crippen LogP contribution in [-0.2, 0) is 4.79 Å². The lowest BCUT2D eigenvalue weighted by Crippen LogP contribution is -2.17. The molecule has 144 valence electrons. The molecule has 0 unspecified atom stereocenters. The Morgan fingerprint density at radius 3 is 2.41 bits per heavy atom. The Morgan fingerprint density at radius 1 is 0.897 bits per heavy atom. The lowest BCUT2D eigenvalue weighted by molar-refractivity contribution is -0.136. The molecule has 0 bridgehead atoms. The molecular weight excluding hydrogens is 390 g/mol. The molecule has 0 aliphatic heterocycles. The number of ether oxygens (including phenoxy) is 2. The number of nitrogens with zero attached hydrogens (tertiary/aromatic N) is 2. The molecule has 4 aromatic rings. The first-order chi connectivity index (χ1) is 14.2. The van der Waals surface area contributed by atoms with E-state index in [1.54, 1.807) is 48.5 Å². The lowest BCUT2D eigenvalue weighted by atomic mass is 10.2. The average molecular weight is 406 g/mol. The molecule has 0 saturated carbocycles. The van der Waals surface area contributed by atoms with Crippen molar-refractivity contribution in [3.8, 4) is 11.5 Å². The van der Waals surface area contributed by atoms with Crippen LogP contribution in [0.25, 0.3) is 10.9 Å². The highest BCUT2D eigenvalue weighted by Crippen LogP contribution is 2.24. The van der Waals surface area contributed by atoms with Gasteiger partial charge < -0.3 is 14.8 Å². The van der Waals surface area contributed by atoms with Gasteiger partial charge >= 0.3 is 5.97 Å². The maximum atomic E-state index is 12.0. The van der Waals surface area contributed by atoms with Gasteiger partial charge in [-0.1, -0.05) is 23.7 Å². The number of hydrogen-bond acceptors (Lipinski definition) is 6. The fourth-order valence-corrected chi connectivity index (χ4v) is 2.81. The molecule has 1 aromatic heterocycles. The first kappa shape index (κ1) is 18.7. The third-order valence-electron chi connectivity index (χ3n) is 4.06. The van der Waals surface area contributed by atoms with E-state index in [1.807, 2.05) is 24.3 Å². The summed E-state index contributed by atoms with van der Waals surface area (Å²) in [5, 5.41) is 4.77. The van der Waals surface area contributed by atoms with Gasteiger partial charge in [0.1, 0.15) is 23.6 Å². The van der Waals surface area contributed by atoms with Crippen LogP contribution in [0.5, 0.6) is 11.5 Å². The van der Waals surface area contributed by atoms with Crippen molar-refractivity contribution in [2.24, 2.45) is 0 Å². The second-order valence-electron chi connectivity index (χ2n) is 6.11. The number of carbonyl (C=O) groups is 1. The summed E-state index contributed by atoms with van der Waals surface area (Å²) < 4.78 is 10.7. The molecule has 0 saturated heterocycles. The van der Waals surface area contributed by atoms with Crippen molar-refractivity contribution < 1.29 is 14.3 Å². The Bertz CT molecular complexity index is 1130. The van der Waals surface area contributed by atoms with Crippen molar-refractivity contribution in [1.29, 1.82) is 0 Å². The van der Waals surface area contributed by atoms with E-state index >= 15 is 0 Å². The van der Waals surface area contributed by atoms with E-state index in [1.165, 1.54) is 6.33 Å². The van der Waals surface area contributed by atoms with Gasteiger partial charge in [0.15, 0.2) is 6.61 Å². The van der Waals surface area contributed by atoms with Gasteiger partial charge in [0.2, 0.25) is 0 Å². The van der Waals surface area contributed by atoms with E-state index in [4.69, 9.17) is 21.1 Å². The van der Waals surface area contributed by atoms with E-state index in [9.17, 15) is 4.79 Å². The monoisotopic (exact) mass is 405 g/mol. The molecular formula is C22H16ClN3O3. The summed E-state index contributed by atoms with van der Waals surface area (Å²) in [6, 6.07) is 21.5. The van der Waals surface area contributed by atoms with Gasteiger partial charge in [0.25, 0.3) is 0 Å². The van der Waals surface area contributed by atoms with Crippen LogP contribution in [0.3, 0.4) is 0 Å². The molecule has 0 amide bonds. The molecule has 3 aromatic carbocycles. The van der Waals surface area contributed by atoms with Crippen molar-refractivity contribution in [2.45, 2.75) is 0 Å². The first-order valence-corrected chi connectivity index (χ1v) is 9.21. The molecule has 0 radical (unpaired) electrons. The summed E-state index contributed by atoms with van der Waals surface area (Å²) >= 11 is 5.81. The van der Waals surface area contributed by atoms with Gasteiger partial charge in [-0.05, 0) is 60.7 Å². The maximum absolute atomic E-state index is 12.0. The zero-order valence-electron chi connectivity index (χ0n) is 15.2. The summed E-state index contributed by atoms with van der Waals surface area (Å²) in [4.78, 5) is 20.5. The van der Waals surface area contributed by atoms with Crippen LogP contribution in [0.1, 0.15) is 0 Å². The van der Waals surface area contributed by atoms with Crippen molar-refractivity contribution in [3.05, 3.63) is 84.1 Å². The predicted molar refractivity (Wildman–Crippen MR) is 112 cm³/mol. The smallest absolute Gasteiger partial charge is 0.349 e. The molecule has 4 rings (SSSR count). The fraction of sp³-hybridized carbons (Fsp3) is 0.0455. The molecule has 0 fully saturated rings. The number of hydrogen-bond donors (Lipinski definition) is 1. The van der Waals surface area contributed by atoms with Crippen molar-refractivity contribution >= 4 is 40.0 Å². The minimum Gasteiger partial charge on any atom is -0.482 e. The summed E-state index contributed by atoms with van der Waals surface area (Å²) in [6.07, 6.45) is 1.52. The van der Waals surface area contributed by atoms with Crippen LogP contribution in [0.15, 0.2) is 79.1 Å². The normalized spacial score (nSPS) is 10.5. The Kier molecular flexibility index (Phi) is 5.54. The predicted octanol–water partition coefficient (Wildman–Crippen LogP) is 5.01. The molecule has 6 nitrogen and oxygen atoms in total. The summed E-state index contributed by atoms with van der Waals surface area (Å²) in [5.41, 5.74) is 1.67. The van der Waals surface area contributed by atoms with Crippen molar-refractivity contribution in [2.75, 3.05) is 11.9 Å². The maximum Gasteiger partial charge on any atom is 0.349 e. The number of aromatic nitrogens is 2. The summed E-state index contributed by atoms with van der Waals surface area (Å²) in [6.45, 7) is -0.200. The Balaban J connectivity index is 1.36. The standard InChI is InChI=1S/C22H16ClN3O3/c23-15-5-9-17(10-6-15)28-13-21(27)29-18-11-7-16(8-12-18)26-22-19-3-1-2-4-20(19)24-14-25-22/h1-12,14H,13H2,(H,24,25,26). The van der Waals surface area contributed by atoms with E-state index in [0.717, 1.165) is 16.6 Å². The van der Waals surface area contributed by atoms with Crippen LogP contribution in [0.2, 0.25) is 5.02 Å². The SMILES string of the molecule is O=C(COc1ccc(Cl)cc1)Oc1ccc(Nc2ncnc3ccccc23)cc1. The van der Waals surface area contributed by atoms with Crippen LogP contribution in [0.4, 0.5) is 11.5 Å². The second-order valence-corrected chi connectivity index (χ2v) is 6.54. The van der Waals surface area contributed by atoms with E-state index in [0.29, 0.717) is 22.3 Å². The highest BCUT2D eigenvalue weighted by atomic mass is 35.5. The quantitative estimate of drug-likeness (QED) is 0.359. The minimum atomic E-state index is -0.498. The summed E-state index contributed by atoms with van der Waals surface area (Å²) in [7, 11) is 0. The minimum absolute atomic E-state index is 0.200. The van der Waals surface area contributed by atoms with Crippen LogP contribution < -0.4 is 14.8 Å². The zero-order valence-corrected chi connectivity index (χ0v) is 16.0. The number of halogens is 1. The third-order valence-corrected chi connectivity index (χ3v) is 4.31. The highest BCUT2D eigenvalue weighted by Gasteiger charge is 2.08. The van der Waals surface area contributed by atoms with Crippen LogP contribution >= 0.6 is 11.6 Å². The Hall–Kier alpha value is -3.64. The molecule has 1 N–H and O–H groups in total. The van der Waals surface area contributed by atoms with E-state index < -0.39 is 5.97 Å². The van der Waals surface area contributed by atoms with Gasteiger partial charge in [-0.15, -0.1) is 0 Å². The number of carbonyl (C=O) groups excluding carboxylic acids is 1. The van der Waals surface area contributed by atoms with Gasteiger partial charge in [-0.2, -0.15) is 0 Å². The molecule has 7 heteroatoms. The zero-order chi connectivity index (χ0) is 20.1. The van der Waals surface area contributed by atoms with E-state index in [-0.39, 0.29) is 6.61 Å². The van der Waals surface area contributed by atoms with Gasteiger partial charge in [-0.3, -0.25) is 0 Å². The first-order valence-electron chi connectivity index (χ1n) is 8.83. The number of rotatable bonds is 6. The molecule has 1 heterocycles. The topological polar surface area (TPSA) is 73.3 Å². The fourth-order valence-electron chi connectivity index (χ4n) is 2.68. The second kappa shape index (κ2) is 8.58. The summed E-state index contributed by atoms with van der Waals surface area (Å²) in [5.74, 6) is 1.18. The third kappa shape index (κ3) is 4.80. The number of nitrogens with one attached hydrogen (secondary N) is 1. The molecule has 0 spiro atoms. The molecule has 29 heavy (non-hydrogen) atoms. The number of para-hydroxylation sites is 1. The number of fused-ring (bicyclic) bond motifs is 1. The molecule has 0 aliphatic rings. The van der Waals surface area contributed by atoms with Gasteiger partial charge in [0.05, 0.1) is 5.52 Å². The van der Waals surface area contributed by atoms with Crippen LogP contribution in [0, 0.1) is 0 Å². The average Bonchev–Trinajstić information content (AvgIpc) is 2.75. The van der Waals surface area contributed by atoms with E-state index in [2.05, 4.69) is 15.3 Å². The Labute approximate surface area is 172 Å². The lowest BCUT2D eigenvalue weighted by Gasteiger charge is -2.10. The number of anilines is 2. The largest absolute Gasteiger partial charge is 0.482 e. The van der Waals surface area contributed by atoms with Crippen molar-refractivity contribution in [3.63, 3.8) is 0 Å². The Morgan fingerprint density at radius 2 is 1.62 bits per heavy atom.